The highest BCUT2D eigenvalue weighted by molar-refractivity contribution is 8.01. The summed E-state index contributed by atoms with van der Waals surface area (Å²) in [5.41, 5.74) is 0. The minimum atomic E-state index is 0.0594. The van der Waals surface area contributed by atoms with Gasteiger partial charge in [-0.05, 0) is 31.6 Å². The number of thioether (sulfide) groups is 1. The highest BCUT2D eigenvalue weighted by Gasteiger charge is 2.35. The summed E-state index contributed by atoms with van der Waals surface area (Å²) in [6.45, 7) is 4.08. The van der Waals surface area contributed by atoms with Crippen molar-refractivity contribution in [1.29, 1.82) is 0 Å². The molecule has 2 fully saturated rings. The normalized spacial score (nSPS) is 23.3. The number of nitrogens with zero attached hydrogens (tertiary/aromatic N) is 3. The molecule has 1 aromatic rings. The van der Waals surface area contributed by atoms with Crippen LogP contribution < -0.4 is 10.2 Å². The van der Waals surface area contributed by atoms with E-state index in [0.29, 0.717) is 29.3 Å². The van der Waals surface area contributed by atoms with Crippen molar-refractivity contribution in [2.45, 2.75) is 75.2 Å². The lowest BCUT2D eigenvalue weighted by Gasteiger charge is -2.29. The number of carbonyl (C=O) groups is 2. The van der Waals surface area contributed by atoms with Crippen LogP contribution in [0.2, 0.25) is 0 Å². The van der Waals surface area contributed by atoms with Crippen LogP contribution in [0.1, 0.15) is 58.8 Å². The van der Waals surface area contributed by atoms with Gasteiger partial charge in [0.25, 0.3) is 0 Å². The third kappa shape index (κ3) is 4.94. The summed E-state index contributed by atoms with van der Waals surface area (Å²) in [7, 11) is 0. The van der Waals surface area contributed by atoms with Gasteiger partial charge in [0, 0.05) is 18.5 Å². The van der Waals surface area contributed by atoms with Gasteiger partial charge in [0.15, 0.2) is 4.34 Å². The van der Waals surface area contributed by atoms with E-state index in [9.17, 15) is 9.59 Å². The van der Waals surface area contributed by atoms with Gasteiger partial charge in [0.2, 0.25) is 16.9 Å². The number of hydrogen-bond donors (Lipinski definition) is 1. The Morgan fingerprint density at radius 1 is 1.24 bits per heavy atom. The summed E-state index contributed by atoms with van der Waals surface area (Å²) in [5, 5.41) is 12.1. The van der Waals surface area contributed by atoms with E-state index in [1.807, 2.05) is 6.92 Å². The topological polar surface area (TPSA) is 75.2 Å². The van der Waals surface area contributed by atoms with Gasteiger partial charge >= 0.3 is 0 Å². The summed E-state index contributed by atoms with van der Waals surface area (Å²) in [5.74, 6) is 1.06. The molecular formula is C17H26N4O2S2. The van der Waals surface area contributed by atoms with Crippen molar-refractivity contribution in [3.05, 3.63) is 0 Å². The number of carbonyl (C=O) groups excluding carboxylic acids is 2. The molecule has 2 atom stereocenters. The van der Waals surface area contributed by atoms with Crippen LogP contribution in [0.15, 0.2) is 4.34 Å². The zero-order chi connectivity index (χ0) is 17.8. The maximum Gasteiger partial charge on any atom is 0.230 e. The van der Waals surface area contributed by atoms with Crippen molar-refractivity contribution in [3.8, 4) is 0 Å². The van der Waals surface area contributed by atoms with Gasteiger partial charge in [-0.3, -0.25) is 14.5 Å². The summed E-state index contributed by atoms with van der Waals surface area (Å²) in [6, 6.07) is 0.591. The molecule has 1 N–H and O–H groups in total. The smallest absolute Gasteiger partial charge is 0.230 e. The first-order chi connectivity index (χ1) is 12.1. The van der Waals surface area contributed by atoms with Crippen LogP contribution in [0.3, 0.4) is 0 Å². The predicted molar refractivity (Wildman–Crippen MR) is 101 cm³/mol. The zero-order valence-corrected chi connectivity index (χ0v) is 16.5. The second kappa shape index (κ2) is 8.49. The van der Waals surface area contributed by atoms with Gasteiger partial charge in [-0.1, -0.05) is 49.8 Å². The van der Waals surface area contributed by atoms with Gasteiger partial charge < -0.3 is 5.32 Å². The maximum absolute atomic E-state index is 12.2. The van der Waals surface area contributed by atoms with E-state index in [-0.39, 0.29) is 17.9 Å². The van der Waals surface area contributed by atoms with E-state index in [1.165, 1.54) is 42.4 Å². The van der Waals surface area contributed by atoms with Crippen LogP contribution in [0, 0.1) is 5.92 Å². The minimum absolute atomic E-state index is 0.0594. The average Bonchev–Trinajstić information content (AvgIpc) is 3.33. The molecule has 138 valence electrons. The molecule has 1 aromatic heterocycles. The second-order valence-corrected chi connectivity index (χ2v) is 9.10. The molecule has 0 spiro atoms. The molecule has 2 saturated carbocycles. The zero-order valence-electron chi connectivity index (χ0n) is 14.9. The lowest BCUT2D eigenvalue weighted by atomic mass is 9.86. The Balaban J connectivity index is 1.51. The van der Waals surface area contributed by atoms with Gasteiger partial charge in [-0.2, -0.15) is 0 Å². The predicted octanol–water partition coefficient (Wildman–Crippen LogP) is 3.23. The lowest BCUT2D eigenvalue weighted by Crippen LogP contribution is -2.41. The number of anilines is 1. The molecule has 6 nitrogen and oxygen atoms in total. The summed E-state index contributed by atoms with van der Waals surface area (Å²) in [4.78, 5) is 26.1. The van der Waals surface area contributed by atoms with Crippen LogP contribution in [0.25, 0.3) is 0 Å². The lowest BCUT2D eigenvalue weighted by molar-refractivity contribution is -0.120. The highest BCUT2D eigenvalue weighted by atomic mass is 32.2. The van der Waals surface area contributed by atoms with Gasteiger partial charge in [-0.25, -0.2) is 0 Å². The van der Waals surface area contributed by atoms with E-state index < -0.39 is 0 Å². The fourth-order valence-electron chi connectivity index (χ4n) is 3.23. The summed E-state index contributed by atoms with van der Waals surface area (Å²) in [6.07, 6.45) is 7.29. The highest BCUT2D eigenvalue weighted by Crippen LogP contribution is 2.36. The van der Waals surface area contributed by atoms with Crippen LogP contribution in [-0.4, -0.2) is 39.8 Å². The van der Waals surface area contributed by atoms with Gasteiger partial charge in [0.05, 0.1) is 5.75 Å². The average molecular weight is 383 g/mol. The van der Waals surface area contributed by atoms with Crippen LogP contribution >= 0.6 is 23.1 Å². The van der Waals surface area contributed by atoms with E-state index >= 15 is 0 Å². The quantitative estimate of drug-likeness (QED) is 0.579. The molecule has 0 aromatic carbocycles. The first kappa shape index (κ1) is 18.6. The molecule has 0 saturated heterocycles. The van der Waals surface area contributed by atoms with Crippen LogP contribution in [-0.2, 0) is 9.59 Å². The van der Waals surface area contributed by atoms with Crippen molar-refractivity contribution in [2.24, 2.45) is 5.92 Å². The molecule has 3 rings (SSSR count). The minimum Gasteiger partial charge on any atom is -0.352 e. The van der Waals surface area contributed by atoms with Gasteiger partial charge in [0.1, 0.15) is 0 Å². The van der Waals surface area contributed by atoms with Crippen LogP contribution in [0.5, 0.6) is 0 Å². The van der Waals surface area contributed by atoms with Crippen LogP contribution in [0.4, 0.5) is 5.13 Å². The number of hydrogen-bond acceptors (Lipinski definition) is 6. The molecule has 1 heterocycles. The van der Waals surface area contributed by atoms with Crippen molar-refractivity contribution in [3.63, 3.8) is 0 Å². The van der Waals surface area contributed by atoms with E-state index in [2.05, 4.69) is 22.4 Å². The fourth-order valence-corrected chi connectivity index (χ4v) is 4.98. The Morgan fingerprint density at radius 3 is 2.68 bits per heavy atom. The van der Waals surface area contributed by atoms with E-state index in [1.54, 1.807) is 4.90 Å². The second-order valence-electron chi connectivity index (χ2n) is 6.92. The Bertz CT molecular complexity index is 618. The number of amides is 2. The number of rotatable bonds is 7. The fraction of sp³-hybridized carbons (Fsp3) is 0.765. The molecule has 0 aliphatic heterocycles. The first-order valence-electron chi connectivity index (χ1n) is 9.16. The Hall–Kier alpha value is -1.15. The largest absolute Gasteiger partial charge is 0.352 e. The molecule has 0 bridgehead atoms. The number of nitrogens with one attached hydrogen (secondary N) is 1. The van der Waals surface area contributed by atoms with Crippen molar-refractivity contribution in [2.75, 3.05) is 10.7 Å². The van der Waals surface area contributed by atoms with E-state index in [0.717, 1.165) is 23.6 Å². The molecule has 25 heavy (non-hydrogen) atoms. The van der Waals surface area contributed by atoms with Crippen molar-refractivity contribution in [1.82, 2.24) is 15.5 Å². The molecule has 2 amide bonds. The number of aromatic nitrogens is 2. The summed E-state index contributed by atoms with van der Waals surface area (Å²) >= 11 is 2.81. The summed E-state index contributed by atoms with van der Waals surface area (Å²) < 4.78 is 0.747. The standard InChI is InChI=1S/C17H26N4O2S2/c1-3-15(23)21(12-8-9-12)16-19-20-17(25-16)24-10-14(22)18-13-7-5-4-6-11(13)2/h11-13H,3-10H2,1-2H3,(H,18,22)/t11-,13-/m0/s1. The third-order valence-corrected chi connectivity index (χ3v) is 6.93. The molecule has 2 aliphatic rings. The molecule has 2 aliphatic carbocycles. The first-order valence-corrected chi connectivity index (χ1v) is 11.0. The van der Waals surface area contributed by atoms with Gasteiger partial charge in [-0.15, -0.1) is 10.2 Å². The molecular weight excluding hydrogens is 356 g/mol. The monoisotopic (exact) mass is 382 g/mol. The van der Waals surface area contributed by atoms with Crippen molar-refractivity contribution >= 4 is 40.0 Å². The maximum atomic E-state index is 12.2. The third-order valence-electron chi connectivity index (χ3n) is 4.87. The molecule has 0 unspecified atom stereocenters. The SMILES string of the molecule is CCC(=O)N(c1nnc(SCC(=O)N[C@H]2CCCC[C@@H]2C)s1)C1CC1. The van der Waals surface area contributed by atoms with E-state index in [4.69, 9.17) is 0 Å². The Morgan fingerprint density at radius 2 is 2.00 bits per heavy atom. The molecule has 8 heteroatoms. The Labute approximate surface area is 157 Å². The molecule has 0 radical (unpaired) electrons. The Kier molecular flexibility index (Phi) is 6.33. The van der Waals surface area contributed by atoms with Crippen molar-refractivity contribution < 1.29 is 9.59 Å².